The van der Waals surface area contributed by atoms with Crippen molar-refractivity contribution in [3.05, 3.63) is 24.3 Å². The maximum atomic E-state index is 12.9. The number of unbranched alkanes of at least 4 members (excludes halogenated alkanes) is 33. The molecule has 1 saturated carbocycles. The quantitative estimate of drug-likeness (QED) is 0.0145. The van der Waals surface area contributed by atoms with Gasteiger partial charge in [0.1, 0.15) is 43.2 Å². The summed E-state index contributed by atoms with van der Waals surface area (Å²) in [6.45, 7) is 3.33. The van der Waals surface area contributed by atoms with Crippen molar-refractivity contribution in [3.8, 4) is 0 Å². The highest BCUT2D eigenvalue weighted by Crippen LogP contribution is 2.47. The van der Waals surface area contributed by atoms with Gasteiger partial charge in [0.25, 0.3) is 0 Å². The Bertz CT molecular complexity index is 1310. The minimum Gasteiger partial charge on any atom is -0.462 e. The molecule has 14 heteroatoms. The van der Waals surface area contributed by atoms with E-state index >= 15 is 0 Å². The molecule has 0 heterocycles. The number of allylic oxidation sites excluding steroid dienone is 4. The molecule has 1 fully saturated rings. The van der Waals surface area contributed by atoms with Crippen LogP contribution in [-0.2, 0) is 32.7 Å². The molecule has 8 atom stereocenters. The third-order valence-corrected chi connectivity index (χ3v) is 14.5. The summed E-state index contributed by atoms with van der Waals surface area (Å²) in [7, 11) is -5.13. The van der Waals surface area contributed by atoms with Crippen molar-refractivity contribution in [2.45, 2.75) is 307 Å². The topological polar surface area (TPSA) is 210 Å². The molecule has 0 spiro atoms. The predicted molar refractivity (Wildman–Crippen MR) is 281 cm³/mol. The Labute approximate surface area is 426 Å². The maximum Gasteiger partial charge on any atom is 0.472 e. The highest BCUT2D eigenvalue weighted by Gasteiger charge is 2.51. The zero-order chi connectivity index (χ0) is 51.3. The number of aliphatic hydroxyl groups excluding tert-OH is 5. The molecule has 6 N–H and O–H groups in total. The summed E-state index contributed by atoms with van der Waals surface area (Å²) in [6, 6.07) is 0. The number of carbonyl (C=O) groups is 2. The second-order valence-corrected chi connectivity index (χ2v) is 21.5. The molecule has 1 aliphatic rings. The zero-order valence-corrected chi connectivity index (χ0v) is 45.2. The van der Waals surface area contributed by atoms with E-state index in [-0.39, 0.29) is 12.8 Å². The van der Waals surface area contributed by atoms with Crippen LogP contribution in [0.3, 0.4) is 0 Å². The zero-order valence-electron chi connectivity index (χ0n) is 44.3. The van der Waals surface area contributed by atoms with Crippen LogP contribution in [0.2, 0.25) is 0 Å². The lowest BCUT2D eigenvalue weighted by molar-refractivity contribution is -0.220. The Morgan fingerprint density at radius 3 is 1.17 bits per heavy atom. The first-order valence-corrected chi connectivity index (χ1v) is 30.1. The number of rotatable bonds is 49. The van der Waals surface area contributed by atoms with Gasteiger partial charge in [-0.1, -0.05) is 231 Å². The summed E-state index contributed by atoms with van der Waals surface area (Å²) in [5, 5.41) is 50.3. The Kier molecular flexibility index (Phi) is 43.5. The second-order valence-electron chi connectivity index (χ2n) is 20.1. The van der Waals surface area contributed by atoms with Crippen molar-refractivity contribution in [2.24, 2.45) is 0 Å². The average Bonchev–Trinajstić information content (AvgIpc) is 3.34. The Morgan fingerprint density at radius 2 is 0.757 bits per heavy atom. The summed E-state index contributed by atoms with van der Waals surface area (Å²) in [5.74, 6) is -1.13. The largest absolute Gasteiger partial charge is 0.472 e. The fraction of sp³-hybridized carbons (Fsp3) is 0.893. The van der Waals surface area contributed by atoms with Gasteiger partial charge < -0.3 is 39.9 Å². The van der Waals surface area contributed by atoms with Gasteiger partial charge in [0.2, 0.25) is 0 Å². The van der Waals surface area contributed by atoms with Crippen molar-refractivity contribution < 1.29 is 63.1 Å². The number of phosphoric acid groups is 1. The van der Waals surface area contributed by atoms with Crippen LogP contribution >= 0.6 is 7.82 Å². The number of aliphatic hydroxyl groups is 5. The van der Waals surface area contributed by atoms with Crippen molar-refractivity contribution >= 4 is 19.8 Å². The minimum atomic E-state index is -5.13. The van der Waals surface area contributed by atoms with Crippen LogP contribution in [0.4, 0.5) is 0 Å². The first-order chi connectivity index (χ1) is 33.9. The van der Waals surface area contributed by atoms with Crippen LogP contribution in [0.1, 0.15) is 264 Å². The van der Waals surface area contributed by atoms with Crippen LogP contribution in [0, 0.1) is 0 Å². The number of hydrogen-bond acceptors (Lipinski definition) is 12. The molecule has 0 saturated heterocycles. The lowest BCUT2D eigenvalue weighted by atomic mass is 9.85. The van der Waals surface area contributed by atoms with Crippen LogP contribution < -0.4 is 0 Å². The lowest BCUT2D eigenvalue weighted by Gasteiger charge is -2.41. The fourth-order valence-corrected chi connectivity index (χ4v) is 9.93. The number of hydrogen-bond donors (Lipinski definition) is 6. The minimum absolute atomic E-state index is 0.0939. The summed E-state index contributed by atoms with van der Waals surface area (Å²) in [4.78, 5) is 35.9. The van der Waals surface area contributed by atoms with Gasteiger partial charge in [0.15, 0.2) is 6.10 Å². The predicted octanol–water partition coefficient (Wildman–Crippen LogP) is 13.1. The monoisotopic (exact) mass is 1020 g/mol. The average molecular weight is 1020 g/mol. The molecule has 13 nitrogen and oxygen atoms in total. The molecular formula is C56H105O13P. The molecule has 1 rings (SSSR count). The van der Waals surface area contributed by atoms with Crippen LogP contribution in [0.15, 0.2) is 24.3 Å². The van der Waals surface area contributed by atoms with E-state index in [1.807, 2.05) is 6.08 Å². The van der Waals surface area contributed by atoms with E-state index in [0.29, 0.717) is 19.3 Å². The Balaban J connectivity index is 2.35. The van der Waals surface area contributed by atoms with Crippen LogP contribution in [0.25, 0.3) is 0 Å². The van der Waals surface area contributed by atoms with Crippen molar-refractivity contribution in [2.75, 3.05) is 13.2 Å². The van der Waals surface area contributed by atoms with Gasteiger partial charge in [-0.3, -0.25) is 18.6 Å². The van der Waals surface area contributed by atoms with Gasteiger partial charge in [-0.05, 0) is 44.9 Å². The molecule has 6 unspecified atom stereocenters. The smallest absolute Gasteiger partial charge is 0.462 e. The Hall–Kier alpha value is -1.67. The Morgan fingerprint density at radius 1 is 0.429 bits per heavy atom. The molecule has 0 radical (unpaired) electrons. The lowest BCUT2D eigenvalue weighted by Crippen LogP contribution is -2.64. The van der Waals surface area contributed by atoms with E-state index in [4.69, 9.17) is 18.5 Å². The molecular weight excluding hydrogens is 912 g/mol. The number of esters is 2. The molecule has 0 aromatic rings. The highest BCUT2D eigenvalue weighted by molar-refractivity contribution is 7.47. The molecule has 0 amide bonds. The van der Waals surface area contributed by atoms with E-state index in [1.165, 1.54) is 173 Å². The molecule has 412 valence electrons. The summed E-state index contributed by atoms with van der Waals surface area (Å²) < 4.78 is 33.7. The van der Waals surface area contributed by atoms with Gasteiger partial charge in [-0.2, -0.15) is 0 Å². The third-order valence-electron chi connectivity index (χ3n) is 13.5. The molecule has 0 aliphatic heterocycles. The molecule has 1 aliphatic carbocycles. The van der Waals surface area contributed by atoms with Crippen LogP contribution in [0.5, 0.6) is 0 Å². The molecule has 70 heavy (non-hydrogen) atoms. The van der Waals surface area contributed by atoms with Crippen molar-refractivity contribution in [1.29, 1.82) is 0 Å². The van der Waals surface area contributed by atoms with Gasteiger partial charge in [-0.25, -0.2) is 4.57 Å². The van der Waals surface area contributed by atoms with Crippen molar-refractivity contribution in [3.63, 3.8) is 0 Å². The van der Waals surface area contributed by atoms with Gasteiger partial charge >= 0.3 is 19.8 Å². The SMILES string of the molecule is CCCCCCCCCCCCCCCC/C=C/CC/C=C/CCCC(=O)OC[C@@H](COP(=O)(O)OC1C(O)C(O)C(O)[C@H](O)C1O)OC(=O)CCCCCCCCCCCCCCCCCCCC. The molecule has 0 bridgehead atoms. The van der Waals surface area contributed by atoms with Crippen LogP contribution in [-0.4, -0.2) is 98.3 Å². The fourth-order valence-electron chi connectivity index (χ4n) is 8.96. The number of carbonyl (C=O) groups excluding carboxylic acids is 2. The standard InChI is InChI=1S/C56H105O13P/c1-3-5-7-9-11-13-15-17-19-21-23-24-25-26-27-29-30-32-34-36-38-40-42-44-49(57)66-46-48(47-67-70(64,65)69-56-54(62)52(60)51(59)53(61)55(56)63)68-50(58)45-43-41-39-37-35-33-31-28-22-20-18-16-14-12-10-8-6-4-2/h29-30,36,38,48,51-56,59-63H,3-28,31-35,37,39-47H2,1-2H3,(H,64,65)/b30-29+,38-36+/t48-,51?,52-,53?,54?,55?,56?/m0/s1. The molecule has 0 aromatic carbocycles. The van der Waals surface area contributed by atoms with Crippen molar-refractivity contribution in [1.82, 2.24) is 0 Å². The van der Waals surface area contributed by atoms with E-state index in [1.54, 1.807) is 0 Å². The van der Waals surface area contributed by atoms with E-state index in [0.717, 1.165) is 44.9 Å². The van der Waals surface area contributed by atoms with Gasteiger partial charge in [0, 0.05) is 12.8 Å². The third kappa shape index (κ3) is 37.1. The number of ether oxygens (including phenoxy) is 2. The highest BCUT2D eigenvalue weighted by atomic mass is 31.2. The van der Waals surface area contributed by atoms with E-state index in [9.17, 15) is 44.6 Å². The summed E-state index contributed by atoms with van der Waals surface area (Å²) in [5.41, 5.74) is 0. The normalized spacial score (nSPS) is 20.9. The first-order valence-electron chi connectivity index (χ1n) is 28.6. The first kappa shape index (κ1) is 66.3. The summed E-state index contributed by atoms with van der Waals surface area (Å²) in [6.07, 6.45) is 41.0. The van der Waals surface area contributed by atoms with Gasteiger partial charge in [0.05, 0.1) is 6.61 Å². The maximum absolute atomic E-state index is 12.9. The molecule has 0 aromatic heterocycles. The number of phosphoric ester groups is 1. The van der Waals surface area contributed by atoms with Gasteiger partial charge in [-0.15, -0.1) is 0 Å². The van der Waals surface area contributed by atoms with E-state index in [2.05, 4.69) is 32.1 Å². The van der Waals surface area contributed by atoms with E-state index < -0.39 is 75.7 Å². The summed E-state index contributed by atoms with van der Waals surface area (Å²) >= 11 is 0. The second kappa shape index (κ2) is 45.9.